The zero-order chi connectivity index (χ0) is 11.1. The van der Waals surface area contributed by atoms with E-state index in [9.17, 15) is 5.11 Å². The average molecular weight is 205 g/mol. The van der Waals surface area contributed by atoms with Crippen LogP contribution in [0.1, 0.15) is 25.3 Å². The maximum Gasteiger partial charge on any atom is 0.192 e. The summed E-state index contributed by atoms with van der Waals surface area (Å²) >= 11 is 0. The van der Waals surface area contributed by atoms with Crippen LogP contribution >= 0.6 is 0 Å². The Morgan fingerprint density at radius 1 is 1.40 bits per heavy atom. The molecule has 2 rings (SSSR count). The normalized spacial score (nSPS) is 12.3. The second-order valence-corrected chi connectivity index (χ2v) is 4.46. The summed E-state index contributed by atoms with van der Waals surface area (Å²) in [6.45, 7) is 5.95. The minimum absolute atomic E-state index is 0.120. The maximum atomic E-state index is 9.28. The number of fused-ring (bicyclic) bond motifs is 1. The van der Waals surface area contributed by atoms with Crippen molar-refractivity contribution in [1.29, 1.82) is 0 Å². The van der Waals surface area contributed by atoms with Gasteiger partial charge in [-0.1, -0.05) is 19.9 Å². The van der Waals surface area contributed by atoms with Gasteiger partial charge in [0.15, 0.2) is 11.5 Å². The van der Waals surface area contributed by atoms with Crippen molar-refractivity contribution in [3.05, 3.63) is 29.7 Å². The van der Waals surface area contributed by atoms with Crippen LogP contribution in [0.2, 0.25) is 0 Å². The molecule has 0 unspecified atom stereocenters. The van der Waals surface area contributed by atoms with Gasteiger partial charge in [0.05, 0.1) is 6.61 Å². The van der Waals surface area contributed by atoms with Gasteiger partial charge < -0.3 is 9.52 Å². The van der Waals surface area contributed by atoms with Gasteiger partial charge in [-0.05, 0) is 17.7 Å². The van der Waals surface area contributed by atoms with E-state index in [1.54, 1.807) is 0 Å². The number of aryl methyl sites for hydroxylation is 1. The van der Waals surface area contributed by atoms with Crippen molar-refractivity contribution < 1.29 is 9.52 Å². The van der Waals surface area contributed by atoms with E-state index < -0.39 is 0 Å². The monoisotopic (exact) mass is 205 g/mol. The summed E-state index contributed by atoms with van der Waals surface area (Å²) in [5.74, 6) is 0.670. The molecule has 0 bridgehead atoms. The van der Waals surface area contributed by atoms with E-state index >= 15 is 0 Å². The second-order valence-electron chi connectivity index (χ2n) is 4.46. The lowest BCUT2D eigenvalue weighted by molar-refractivity contribution is 0.218. The molecule has 1 heterocycles. The summed E-state index contributed by atoms with van der Waals surface area (Å²) in [4.78, 5) is 4.27. The molecule has 0 fully saturated rings. The second kappa shape index (κ2) is 3.35. The van der Waals surface area contributed by atoms with Crippen molar-refractivity contribution in [2.24, 2.45) is 0 Å². The van der Waals surface area contributed by atoms with Crippen molar-refractivity contribution in [2.75, 3.05) is 6.61 Å². The fraction of sp³-hybridized carbons (Fsp3) is 0.417. The molecular formula is C12H15NO2. The van der Waals surface area contributed by atoms with Gasteiger partial charge in [0.25, 0.3) is 0 Å². The predicted molar refractivity (Wildman–Crippen MR) is 58.9 cm³/mol. The Kier molecular flexibility index (Phi) is 2.27. The van der Waals surface area contributed by atoms with Crippen LogP contribution < -0.4 is 0 Å². The predicted octanol–water partition coefficient (Wildman–Crippen LogP) is 2.41. The molecule has 0 amide bonds. The van der Waals surface area contributed by atoms with Gasteiger partial charge in [0.1, 0.15) is 5.52 Å². The highest BCUT2D eigenvalue weighted by Crippen LogP contribution is 2.26. The van der Waals surface area contributed by atoms with Crippen molar-refractivity contribution in [3.63, 3.8) is 0 Å². The molecule has 0 aliphatic carbocycles. The van der Waals surface area contributed by atoms with Crippen molar-refractivity contribution >= 4 is 11.1 Å². The van der Waals surface area contributed by atoms with Crippen LogP contribution in [0.25, 0.3) is 11.1 Å². The SMILES string of the molecule is Cc1nc2cc(C(C)(C)CO)ccc2o1. The first kappa shape index (κ1) is 10.2. The van der Waals surface area contributed by atoms with E-state index in [2.05, 4.69) is 4.98 Å². The van der Waals surface area contributed by atoms with E-state index in [4.69, 9.17) is 4.42 Å². The fourth-order valence-electron chi connectivity index (χ4n) is 1.55. The first-order valence-corrected chi connectivity index (χ1v) is 5.01. The molecule has 1 N–H and O–H groups in total. The molecular weight excluding hydrogens is 190 g/mol. The number of hydrogen-bond donors (Lipinski definition) is 1. The van der Waals surface area contributed by atoms with Crippen molar-refractivity contribution in [2.45, 2.75) is 26.2 Å². The summed E-state index contributed by atoms with van der Waals surface area (Å²) in [7, 11) is 0. The lowest BCUT2D eigenvalue weighted by atomic mass is 9.85. The summed E-state index contributed by atoms with van der Waals surface area (Å²) < 4.78 is 5.40. The van der Waals surface area contributed by atoms with Gasteiger partial charge in [0, 0.05) is 12.3 Å². The van der Waals surface area contributed by atoms with Crippen molar-refractivity contribution in [1.82, 2.24) is 4.98 Å². The Bertz CT molecular complexity index is 485. The number of oxazole rings is 1. The number of nitrogens with zero attached hydrogens (tertiary/aromatic N) is 1. The largest absolute Gasteiger partial charge is 0.441 e. The minimum atomic E-state index is -0.235. The molecule has 0 saturated carbocycles. The number of benzene rings is 1. The molecule has 0 radical (unpaired) electrons. The third kappa shape index (κ3) is 1.75. The fourth-order valence-corrected chi connectivity index (χ4v) is 1.55. The van der Waals surface area contributed by atoms with E-state index in [1.165, 1.54) is 0 Å². The van der Waals surface area contributed by atoms with Gasteiger partial charge in [-0.3, -0.25) is 0 Å². The molecule has 0 atom stereocenters. The van der Waals surface area contributed by atoms with E-state index in [1.807, 2.05) is 39.0 Å². The molecule has 1 aromatic heterocycles. The average Bonchev–Trinajstić information content (AvgIpc) is 2.56. The number of aromatic nitrogens is 1. The summed E-state index contributed by atoms with van der Waals surface area (Å²) in [6, 6.07) is 5.85. The number of rotatable bonds is 2. The molecule has 0 aliphatic heterocycles. The molecule has 0 saturated heterocycles. The Morgan fingerprint density at radius 2 is 2.13 bits per heavy atom. The minimum Gasteiger partial charge on any atom is -0.441 e. The van der Waals surface area contributed by atoms with Crippen LogP contribution in [0.5, 0.6) is 0 Å². The zero-order valence-electron chi connectivity index (χ0n) is 9.24. The first-order valence-electron chi connectivity index (χ1n) is 5.01. The van der Waals surface area contributed by atoms with E-state index in [-0.39, 0.29) is 12.0 Å². The van der Waals surface area contributed by atoms with Crippen LogP contribution in [0.4, 0.5) is 0 Å². The number of hydrogen-bond acceptors (Lipinski definition) is 3. The van der Waals surface area contributed by atoms with Gasteiger partial charge in [-0.15, -0.1) is 0 Å². The number of aliphatic hydroxyl groups is 1. The van der Waals surface area contributed by atoms with E-state index in [0.29, 0.717) is 5.89 Å². The topological polar surface area (TPSA) is 46.3 Å². The van der Waals surface area contributed by atoms with Gasteiger partial charge in [0.2, 0.25) is 0 Å². The highest BCUT2D eigenvalue weighted by Gasteiger charge is 2.20. The van der Waals surface area contributed by atoms with Crippen LogP contribution in [0.15, 0.2) is 22.6 Å². The summed E-state index contributed by atoms with van der Waals surface area (Å²) in [5.41, 5.74) is 2.49. The Balaban J connectivity index is 2.55. The van der Waals surface area contributed by atoms with Crippen LogP contribution in [0, 0.1) is 6.92 Å². The molecule has 0 aliphatic rings. The third-order valence-electron chi connectivity index (χ3n) is 2.67. The summed E-state index contributed by atoms with van der Waals surface area (Å²) in [5, 5.41) is 9.28. The highest BCUT2D eigenvalue weighted by molar-refractivity contribution is 5.73. The van der Waals surface area contributed by atoms with Gasteiger partial charge >= 0.3 is 0 Å². The van der Waals surface area contributed by atoms with Crippen molar-refractivity contribution in [3.8, 4) is 0 Å². The van der Waals surface area contributed by atoms with Gasteiger partial charge in [-0.25, -0.2) is 4.98 Å². The molecule has 1 aromatic carbocycles. The Labute approximate surface area is 88.7 Å². The standard InChI is InChI=1S/C12H15NO2/c1-8-13-10-6-9(12(2,3)7-14)4-5-11(10)15-8/h4-6,14H,7H2,1-3H3. The third-order valence-corrected chi connectivity index (χ3v) is 2.67. The Hall–Kier alpha value is -1.35. The first-order chi connectivity index (χ1) is 7.03. The molecule has 2 aromatic rings. The maximum absolute atomic E-state index is 9.28. The van der Waals surface area contributed by atoms with Crippen LogP contribution in [0.3, 0.4) is 0 Å². The molecule has 3 nitrogen and oxygen atoms in total. The molecule has 80 valence electrons. The molecule has 15 heavy (non-hydrogen) atoms. The zero-order valence-corrected chi connectivity index (χ0v) is 9.24. The van der Waals surface area contributed by atoms with Crippen LogP contribution in [-0.2, 0) is 5.41 Å². The summed E-state index contributed by atoms with van der Waals surface area (Å²) in [6.07, 6.45) is 0. The molecule has 3 heteroatoms. The highest BCUT2D eigenvalue weighted by atomic mass is 16.3. The smallest absolute Gasteiger partial charge is 0.192 e. The lowest BCUT2D eigenvalue weighted by Gasteiger charge is -2.21. The molecule has 0 spiro atoms. The van der Waals surface area contributed by atoms with Crippen LogP contribution in [-0.4, -0.2) is 16.7 Å². The van der Waals surface area contributed by atoms with Gasteiger partial charge in [-0.2, -0.15) is 0 Å². The van der Waals surface area contributed by atoms with E-state index in [0.717, 1.165) is 16.7 Å². The number of aliphatic hydroxyl groups excluding tert-OH is 1. The quantitative estimate of drug-likeness (QED) is 0.818. The Morgan fingerprint density at radius 3 is 2.80 bits per heavy atom. The lowest BCUT2D eigenvalue weighted by Crippen LogP contribution is -2.21.